The van der Waals surface area contributed by atoms with Crippen LogP contribution in [-0.4, -0.2) is 24.4 Å². The smallest absolute Gasteiger partial charge is 0.417 e. The van der Waals surface area contributed by atoms with Crippen LogP contribution < -0.4 is 10.2 Å². The minimum atomic E-state index is -5.13. The van der Waals surface area contributed by atoms with E-state index in [2.05, 4.69) is 5.32 Å². The van der Waals surface area contributed by atoms with Gasteiger partial charge in [-0.05, 0) is 49.2 Å². The van der Waals surface area contributed by atoms with E-state index in [9.17, 15) is 31.1 Å². The van der Waals surface area contributed by atoms with Crippen LogP contribution in [0.2, 0.25) is 0 Å². The van der Waals surface area contributed by atoms with Crippen molar-refractivity contribution in [2.75, 3.05) is 11.5 Å². The van der Waals surface area contributed by atoms with Crippen molar-refractivity contribution >= 4 is 11.8 Å². The van der Waals surface area contributed by atoms with Gasteiger partial charge in [0.25, 0.3) is 5.79 Å². The number of aryl methyl sites for hydroxylation is 1. The van der Waals surface area contributed by atoms with Crippen molar-refractivity contribution in [2.45, 2.75) is 63.8 Å². The van der Waals surface area contributed by atoms with Crippen LogP contribution in [0.3, 0.4) is 0 Å². The van der Waals surface area contributed by atoms with Gasteiger partial charge in [-0.3, -0.25) is 0 Å². The molecule has 2 atom stereocenters. The summed E-state index contributed by atoms with van der Waals surface area (Å²) in [5.74, 6) is -7.99. The lowest BCUT2D eigenvalue weighted by atomic mass is 9.83. The number of carbonyl (C=O) groups is 1. The molecule has 1 amide bonds. The van der Waals surface area contributed by atoms with Crippen LogP contribution in [0.4, 0.5) is 50.0 Å². The molecule has 0 saturated heterocycles. The zero-order chi connectivity index (χ0) is 28.0. The molecule has 2 aromatic rings. The van der Waals surface area contributed by atoms with Gasteiger partial charge in [-0.2, -0.15) is 35.1 Å². The normalized spacial score (nSPS) is 21.5. The number of anilines is 1. The number of ether oxygens (including phenoxy) is 1. The van der Waals surface area contributed by atoms with Crippen molar-refractivity contribution in [3.8, 4) is 0 Å². The number of hydrogen-bond acceptors (Lipinski definition) is 3. The molecule has 4 nitrogen and oxygen atoms in total. The predicted octanol–water partition coefficient (Wildman–Crippen LogP) is 7.55. The maximum absolute atomic E-state index is 16.1. The Hall–Kier alpha value is -2.96. The molecule has 2 aromatic carbocycles. The van der Waals surface area contributed by atoms with E-state index in [1.807, 2.05) is 0 Å². The largest absolute Gasteiger partial charge is 0.449 e. The first kappa shape index (κ1) is 28.6. The predicted molar refractivity (Wildman–Crippen MR) is 116 cm³/mol. The summed E-state index contributed by atoms with van der Waals surface area (Å²) in [5.41, 5.74) is -3.94. The van der Waals surface area contributed by atoms with E-state index >= 15 is 13.2 Å². The Kier molecular flexibility index (Phi) is 7.52. The number of nitrogens with zero attached hydrogens (tertiary/aromatic N) is 1. The molecule has 0 aromatic heterocycles. The molecule has 1 aliphatic heterocycles. The molecule has 13 heteroatoms. The Morgan fingerprint density at radius 3 is 2.03 bits per heavy atom. The highest BCUT2D eigenvalue weighted by atomic mass is 19.4. The first-order chi connectivity index (χ1) is 17.0. The number of alkyl halides is 9. The number of carbonyl (C=O) groups excluding carboxylic acids is 1. The zero-order valence-corrected chi connectivity index (χ0v) is 19.8. The van der Waals surface area contributed by atoms with Gasteiger partial charge in [0.2, 0.25) is 0 Å². The van der Waals surface area contributed by atoms with Gasteiger partial charge in [-0.15, -0.1) is 0 Å². The fraction of sp³-hybridized carbons (Fsp3) is 0.458. The molecule has 204 valence electrons. The number of benzene rings is 2. The zero-order valence-electron chi connectivity index (χ0n) is 19.8. The van der Waals surface area contributed by atoms with Crippen molar-refractivity contribution in [2.24, 2.45) is 0 Å². The summed E-state index contributed by atoms with van der Waals surface area (Å²) in [6.07, 6.45) is -12.5. The van der Waals surface area contributed by atoms with E-state index < -0.39 is 65.9 Å². The number of halogens is 9. The van der Waals surface area contributed by atoms with Crippen LogP contribution >= 0.6 is 0 Å². The average molecular weight is 542 g/mol. The number of fused-ring (bicyclic) bond motifs is 1. The molecule has 0 radical (unpaired) electrons. The molecule has 1 aliphatic rings. The molecular weight excluding hydrogens is 519 g/mol. The summed E-state index contributed by atoms with van der Waals surface area (Å²) in [7, 11) is 0. The molecule has 1 heterocycles. The quantitative estimate of drug-likeness (QED) is 0.313. The second-order valence-electron chi connectivity index (χ2n) is 8.56. The standard InChI is InChI=1S/C24H23F9N2O2/c1-4-21(25)22(26,27)19(17-8-13(3)6-7-18(17)35(21)20(36)37-5-2)34-12-14-9-15(23(28,29)30)11-16(10-14)24(31,32)33/h6-11,19,34H,4-5,12H2,1-3H3/t19-,21-/m0/s1. The van der Waals surface area contributed by atoms with Gasteiger partial charge in [0.05, 0.1) is 23.4 Å². The van der Waals surface area contributed by atoms with Crippen LogP contribution in [0.25, 0.3) is 0 Å². The Balaban J connectivity index is 2.12. The molecule has 0 unspecified atom stereocenters. The maximum atomic E-state index is 16.1. The molecule has 0 saturated carbocycles. The first-order valence-corrected chi connectivity index (χ1v) is 11.1. The molecule has 0 bridgehead atoms. The fourth-order valence-electron chi connectivity index (χ4n) is 4.27. The second-order valence-corrected chi connectivity index (χ2v) is 8.56. The van der Waals surface area contributed by atoms with E-state index in [-0.39, 0.29) is 28.8 Å². The van der Waals surface area contributed by atoms with Crippen LogP contribution in [-0.2, 0) is 23.6 Å². The highest BCUT2D eigenvalue weighted by Gasteiger charge is 2.67. The molecule has 0 fully saturated rings. The van der Waals surface area contributed by atoms with Gasteiger partial charge < -0.3 is 10.1 Å². The Labute approximate surface area is 206 Å². The Bertz CT molecular complexity index is 1130. The molecule has 0 spiro atoms. The molecular formula is C24H23F9N2O2. The van der Waals surface area contributed by atoms with Gasteiger partial charge in [-0.1, -0.05) is 24.6 Å². The minimum absolute atomic E-state index is 0.0851. The van der Waals surface area contributed by atoms with Crippen molar-refractivity contribution < 1.29 is 49.0 Å². The number of rotatable bonds is 5. The Morgan fingerprint density at radius 2 is 1.54 bits per heavy atom. The van der Waals surface area contributed by atoms with Gasteiger partial charge >= 0.3 is 24.4 Å². The van der Waals surface area contributed by atoms with Gasteiger partial charge in [-0.25, -0.2) is 14.1 Å². The molecule has 0 aliphatic carbocycles. The monoisotopic (exact) mass is 542 g/mol. The van der Waals surface area contributed by atoms with Crippen LogP contribution in [0.5, 0.6) is 0 Å². The summed E-state index contributed by atoms with van der Waals surface area (Å²) in [6, 6.07) is 2.39. The third kappa shape index (κ3) is 5.23. The van der Waals surface area contributed by atoms with Crippen molar-refractivity contribution in [3.05, 3.63) is 64.2 Å². The summed E-state index contributed by atoms with van der Waals surface area (Å²) < 4.78 is 132. The third-order valence-electron chi connectivity index (χ3n) is 6.04. The van der Waals surface area contributed by atoms with Crippen LogP contribution in [0.15, 0.2) is 36.4 Å². The minimum Gasteiger partial charge on any atom is -0.449 e. The lowest BCUT2D eigenvalue weighted by molar-refractivity contribution is -0.167. The van der Waals surface area contributed by atoms with Crippen molar-refractivity contribution in [1.29, 1.82) is 0 Å². The third-order valence-corrected chi connectivity index (χ3v) is 6.04. The van der Waals surface area contributed by atoms with Crippen molar-refractivity contribution in [1.82, 2.24) is 5.32 Å². The number of nitrogens with one attached hydrogen (secondary N) is 1. The average Bonchev–Trinajstić information content (AvgIpc) is 2.78. The topological polar surface area (TPSA) is 41.6 Å². The lowest BCUT2D eigenvalue weighted by Gasteiger charge is -2.49. The van der Waals surface area contributed by atoms with E-state index in [0.29, 0.717) is 17.7 Å². The number of amides is 1. The summed E-state index contributed by atoms with van der Waals surface area (Å²) in [5, 5.41) is 2.25. The van der Waals surface area contributed by atoms with Crippen LogP contribution in [0, 0.1) is 6.92 Å². The number of hydrogen-bond donors (Lipinski definition) is 1. The van der Waals surface area contributed by atoms with E-state index in [1.165, 1.54) is 32.0 Å². The fourth-order valence-corrected chi connectivity index (χ4v) is 4.27. The highest BCUT2D eigenvalue weighted by molar-refractivity contribution is 5.91. The van der Waals surface area contributed by atoms with Crippen molar-refractivity contribution in [3.63, 3.8) is 0 Å². The van der Waals surface area contributed by atoms with E-state index in [1.54, 1.807) is 0 Å². The summed E-state index contributed by atoms with van der Waals surface area (Å²) >= 11 is 0. The van der Waals surface area contributed by atoms with Gasteiger partial charge in [0.15, 0.2) is 0 Å². The summed E-state index contributed by atoms with van der Waals surface area (Å²) in [4.78, 5) is 12.8. The van der Waals surface area contributed by atoms with E-state index in [4.69, 9.17) is 4.74 Å². The highest BCUT2D eigenvalue weighted by Crippen LogP contribution is 2.54. The second kappa shape index (κ2) is 9.73. The molecule has 37 heavy (non-hydrogen) atoms. The van der Waals surface area contributed by atoms with Crippen LogP contribution in [0.1, 0.15) is 54.1 Å². The molecule has 1 N–H and O–H groups in total. The lowest BCUT2D eigenvalue weighted by Crippen LogP contribution is -2.66. The van der Waals surface area contributed by atoms with Gasteiger partial charge in [0.1, 0.15) is 6.04 Å². The summed E-state index contributed by atoms with van der Waals surface area (Å²) in [6.45, 7) is 2.87. The SMILES string of the molecule is CCOC(=O)N1c2ccc(C)cc2[C@H](NCc2cc(C(F)(F)F)cc(C(F)(F)F)c2)C(F)(F)[C@]1(F)CC. The maximum Gasteiger partial charge on any atom is 0.417 e. The van der Waals surface area contributed by atoms with E-state index in [0.717, 1.165) is 6.92 Å². The Morgan fingerprint density at radius 1 is 0.973 bits per heavy atom. The molecule has 3 rings (SSSR count). The van der Waals surface area contributed by atoms with Gasteiger partial charge in [0, 0.05) is 13.0 Å². The first-order valence-electron chi connectivity index (χ1n) is 11.1.